The highest BCUT2D eigenvalue weighted by atomic mass is 79.9. The number of nitrogens with zero attached hydrogens (tertiary/aromatic N) is 4. The highest BCUT2D eigenvalue weighted by Gasteiger charge is 2.45. The number of likely N-dealkylation sites (tertiary alicyclic amines) is 1. The number of hydrogen-bond acceptors (Lipinski definition) is 6. The lowest BCUT2D eigenvalue weighted by molar-refractivity contribution is -0.139. The lowest BCUT2D eigenvalue weighted by Gasteiger charge is -2.39. The van der Waals surface area contributed by atoms with E-state index >= 15 is 0 Å². The number of benzene rings is 1. The molecular weight excluding hydrogens is 594 g/mol. The van der Waals surface area contributed by atoms with Crippen molar-refractivity contribution in [3.05, 3.63) is 28.2 Å². The molecular formula is C27H41BrF2N4O4S. The van der Waals surface area contributed by atoms with Crippen LogP contribution in [0.3, 0.4) is 0 Å². The number of piperidine rings is 2. The molecule has 1 aromatic carbocycles. The molecule has 0 spiro atoms. The Labute approximate surface area is 239 Å². The van der Waals surface area contributed by atoms with E-state index in [0.29, 0.717) is 31.0 Å². The molecule has 8 nitrogen and oxygen atoms in total. The predicted octanol–water partition coefficient (Wildman–Crippen LogP) is 3.30. The van der Waals surface area contributed by atoms with Gasteiger partial charge in [0, 0.05) is 56.6 Å². The molecule has 39 heavy (non-hydrogen) atoms. The van der Waals surface area contributed by atoms with Crippen LogP contribution in [0, 0.1) is 5.92 Å². The van der Waals surface area contributed by atoms with Crippen LogP contribution >= 0.6 is 15.9 Å². The number of piperazine rings is 1. The van der Waals surface area contributed by atoms with E-state index in [2.05, 4.69) is 32.8 Å². The summed E-state index contributed by atoms with van der Waals surface area (Å²) in [4.78, 5) is 19.5. The monoisotopic (exact) mass is 634 g/mol. The first kappa shape index (κ1) is 30.8. The second kappa shape index (κ2) is 13.2. The molecule has 1 aromatic rings. The van der Waals surface area contributed by atoms with Gasteiger partial charge in [0.25, 0.3) is 5.92 Å². The minimum Gasteiger partial charge on any atom is -0.370 e. The molecule has 12 heteroatoms. The van der Waals surface area contributed by atoms with Crippen molar-refractivity contribution in [1.29, 1.82) is 0 Å². The van der Waals surface area contributed by atoms with E-state index in [1.165, 1.54) is 18.9 Å². The molecule has 3 heterocycles. The van der Waals surface area contributed by atoms with Gasteiger partial charge in [-0.15, -0.1) is 0 Å². The second-order valence-electron chi connectivity index (χ2n) is 11.1. The summed E-state index contributed by atoms with van der Waals surface area (Å²) >= 11 is 3.37. The molecule has 3 aliphatic rings. The van der Waals surface area contributed by atoms with Gasteiger partial charge in [0.15, 0.2) is 0 Å². The number of alkyl halides is 2. The van der Waals surface area contributed by atoms with Crippen LogP contribution in [0.1, 0.15) is 38.2 Å². The van der Waals surface area contributed by atoms with Gasteiger partial charge in [-0.25, -0.2) is 17.2 Å². The van der Waals surface area contributed by atoms with E-state index < -0.39 is 34.8 Å². The van der Waals surface area contributed by atoms with E-state index in [9.17, 15) is 22.0 Å². The summed E-state index contributed by atoms with van der Waals surface area (Å²) in [5, 5.41) is 0. The number of amides is 1. The van der Waals surface area contributed by atoms with Crippen molar-refractivity contribution in [2.24, 2.45) is 5.92 Å². The maximum Gasteiger partial charge on any atom is 0.251 e. The van der Waals surface area contributed by atoms with E-state index in [1.807, 2.05) is 6.92 Å². The summed E-state index contributed by atoms with van der Waals surface area (Å²) in [5.74, 6) is -2.47. The molecule has 3 aliphatic heterocycles. The third-order valence-electron chi connectivity index (χ3n) is 8.24. The van der Waals surface area contributed by atoms with Gasteiger partial charge >= 0.3 is 0 Å². The zero-order chi connectivity index (χ0) is 28.2. The van der Waals surface area contributed by atoms with Gasteiger partial charge in [0.1, 0.15) is 6.61 Å². The van der Waals surface area contributed by atoms with Crippen LogP contribution < -0.4 is 0 Å². The highest BCUT2D eigenvalue weighted by Crippen LogP contribution is 2.36. The maximum atomic E-state index is 14.4. The number of rotatable bonds is 9. The number of halogens is 3. The van der Waals surface area contributed by atoms with Crippen LogP contribution in [-0.2, 0) is 26.0 Å². The van der Waals surface area contributed by atoms with Crippen LogP contribution in [0.2, 0.25) is 0 Å². The summed E-state index contributed by atoms with van der Waals surface area (Å²) in [7, 11) is -1.86. The molecule has 0 bridgehead atoms. The van der Waals surface area contributed by atoms with Crippen molar-refractivity contribution >= 4 is 31.9 Å². The molecule has 1 atom stereocenters. The van der Waals surface area contributed by atoms with E-state index in [4.69, 9.17) is 4.74 Å². The number of carbonyl (C=O) groups is 1. The van der Waals surface area contributed by atoms with Gasteiger partial charge in [0.05, 0.1) is 17.5 Å². The van der Waals surface area contributed by atoms with Crippen LogP contribution in [0.5, 0.6) is 0 Å². The number of hydrogen-bond donors (Lipinski definition) is 0. The number of ether oxygens (including phenoxy) is 1. The molecule has 220 valence electrons. The molecule has 3 fully saturated rings. The van der Waals surface area contributed by atoms with Gasteiger partial charge in [-0.2, -0.15) is 4.31 Å². The smallest absolute Gasteiger partial charge is 0.251 e. The maximum absolute atomic E-state index is 14.4. The van der Waals surface area contributed by atoms with Gasteiger partial charge < -0.3 is 14.5 Å². The SMILES string of the molecule is CCc1cc(Br)ccc1S(=O)(=O)N1CCC(F)(F)C[C@H]1COCC(=O)N1CCN(CC2CCN(C)CC2)CC1. The fourth-order valence-corrected chi connectivity index (χ4v) is 8.12. The average Bonchev–Trinajstić information content (AvgIpc) is 2.89. The number of sulfonamides is 1. The van der Waals surface area contributed by atoms with Crippen LogP contribution in [0.15, 0.2) is 27.6 Å². The standard InChI is InChI=1S/C27H41BrF2N4O4S/c1-3-22-16-23(28)4-5-25(22)39(36,37)34-11-8-27(29,30)17-24(34)19-38-20-26(35)33-14-12-32(13-15-33)18-21-6-9-31(2)10-7-21/h4-5,16,21,24H,3,6-15,17-20H2,1-2H3/t24-/m0/s1. The molecule has 0 unspecified atom stereocenters. The third-order valence-corrected chi connectivity index (χ3v) is 10.8. The Balaban J connectivity index is 1.30. The summed E-state index contributed by atoms with van der Waals surface area (Å²) in [6, 6.07) is 3.84. The Morgan fingerprint density at radius 1 is 1.10 bits per heavy atom. The molecule has 0 radical (unpaired) electrons. The summed E-state index contributed by atoms with van der Waals surface area (Å²) in [5.41, 5.74) is 0.617. The minimum absolute atomic E-state index is 0.123. The molecule has 0 N–H and O–H groups in total. The van der Waals surface area contributed by atoms with Crippen molar-refractivity contribution in [1.82, 2.24) is 19.0 Å². The fraction of sp³-hybridized carbons (Fsp3) is 0.741. The van der Waals surface area contributed by atoms with Crippen molar-refractivity contribution in [3.63, 3.8) is 0 Å². The third kappa shape index (κ3) is 7.97. The van der Waals surface area contributed by atoms with Gasteiger partial charge in [0.2, 0.25) is 15.9 Å². The van der Waals surface area contributed by atoms with E-state index in [1.54, 1.807) is 17.0 Å². The molecule has 0 aliphatic carbocycles. The second-order valence-corrected chi connectivity index (χ2v) is 13.9. The summed E-state index contributed by atoms with van der Waals surface area (Å²) in [6.45, 7) is 7.23. The Morgan fingerprint density at radius 2 is 1.79 bits per heavy atom. The Kier molecular flexibility index (Phi) is 10.4. The van der Waals surface area contributed by atoms with Gasteiger partial charge in [-0.1, -0.05) is 22.9 Å². The molecule has 0 saturated carbocycles. The quantitative estimate of drug-likeness (QED) is 0.415. The first-order valence-electron chi connectivity index (χ1n) is 13.9. The lowest BCUT2D eigenvalue weighted by Crippen LogP contribution is -2.53. The molecule has 3 saturated heterocycles. The van der Waals surface area contributed by atoms with Crippen molar-refractivity contribution < 1.29 is 26.7 Å². The van der Waals surface area contributed by atoms with Crippen LogP contribution in [0.25, 0.3) is 0 Å². The summed E-state index contributed by atoms with van der Waals surface area (Å²) in [6.07, 6.45) is 1.73. The fourth-order valence-electron chi connectivity index (χ4n) is 5.83. The van der Waals surface area contributed by atoms with Crippen molar-refractivity contribution in [2.45, 2.75) is 55.9 Å². The van der Waals surface area contributed by atoms with Crippen LogP contribution in [-0.4, -0.2) is 118 Å². The highest BCUT2D eigenvalue weighted by molar-refractivity contribution is 9.10. The van der Waals surface area contributed by atoms with E-state index in [0.717, 1.165) is 41.5 Å². The number of carbonyl (C=O) groups excluding carboxylic acids is 1. The summed E-state index contributed by atoms with van der Waals surface area (Å²) < 4.78 is 63.3. The first-order chi connectivity index (χ1) is 18.5. The molecule has 0 aromatic heterocycles. The van der Waals surface area contributed by atoms with E-state index in [-0.39, 0.29) is 30.6 Å². The lowest BCUT2D eigenvalue weighted by atomic mass is 9.96. The van der Waals surface area contributed by atoms with Crippen molar-refractivity contribution in [2.75, 3.05) is 72.6 Å². The molecule has 4 rings (SSSR count). The van der Waals surface area contributed by atoms with Gasteiger partial charge in [-0.05, 0) is 69.1 Å². The zero-order valence-corrected chi connectivity index (χ0v) is 25.4. The normalized spacial score (nSPS) is 24.2. The largest absolute Gasteiger partial charge is 0.370 e. The van der Waals surface area contributed by atoms with Crippen molar-refractivity contribution in [3.8, 4) is 0 Å². The minimum atomic E-state index is -4.02. The number of aryl methyl sites for hydroxylation is 1. The molecule has 1 amide bonds. The Hall–Kier alpha value is -1.18. The predicted molar refractivity (Wildman–Crippen MR) is 149 cm³/mol. The Morgan fingerprint density at radius 3 is 2.46 bits per heavy atom. The average molecular weight is 636 g/mol. The zero-order valence-electron chi connectivity index (χ0n) is 23.0. The first-order valence-corrected chi connectivity index (χ1v) is 16.2. The Bertz CT molecular complexity index is 1090. The van der Waals surface area contributed by atoms with Crippen LogP contribution in [0.4, 0.5) is 8.78 Å². The topological polar surface area (TPSA) is 73.4 Å². The van der Waals surface area contributed by atoms with Gasteiger partial charge in [-0.3, -0.25) is 9.69 Å².